The largest absolute Gasteiger partial charge is 0.444 e. The van der Waals surface area contributed by atoms with Crippen LogP contribution in [0.15, 0.2) is 65.6 Å². The summed E-state index contributed by atoms with van der Waals surface area (Å²) < 4.78 is 21.8. The molecule has 0 radical (unpaired) electrons. The molecular formula is C30H32FN5O4. The summed E-state index contributed by atoms with van der Waals surface area (Å²) in [6, 6.07) is 13.9. The van der Waals surface area contributed by atoms with Gasteiger partial charge in [-0.3, -0.25) is 10.1 Å². The van der Waals surface area contributed by atoms with Gasteiger partial charge in [0.1, 0.15) is 17.2 Å². The quantitative estimate of drug-likeness (QED) is 0.248. The lowest BCUT2D eigenvalue weighted by atomic mass is 9.99. The van der Waals surface area contributed by atoms with Crippen LogP contribution in [0.2, 0.25) is 0 Å². The average Bonchev–Trinajstić information content (AvgIpc) is 2.84. The molecular weight excluding hydrogens is 513 g/mol. The van der Waals surface area contributed by atoms with Gasteiger partial charge in [-0.05, 0) is 83.0 Å². The van der Waals surface area contributed by atoms with Gasteiger partial charge in [0.05, 0.1) is 11.2 Å². The molecule has 2 aromatic heterocycles. The maximum atomic E-state index is 14.9. The van der Waals surface area contributed by atoms with E-state index in [0.717, 1.165) is 0 Å². The zero-order valence-electron chi connectivity index (χ0n) is 23.3. The number of para-hydroxylation sites is 1. The van der Waals surface area contributed by atoms with Crippen molar-refractivity contribution in [1.82, 2.24) is 9.55 Å². The van der Waals surface area contributed by atoms with Gasteiger partial charge in [0.15, 0.2) is 0 Å². The number of amides is 3. The number of pyridine rings is 2. The Balaban J connectivity index is 1.74. The number of hydrogen-bond acceptors (Lipinski definition) is 5. The first-order chi connectivity index (χ1) is 18.8. The number of fused-ring (bicyclic) bond motifs is 1. The van der Waals surface area contributed by atoms with Crippen molar-refractivity contribution in [2.75, 3.05) is 16.0 Å². The summed E-state index contributed by atoms with van der Waals surface area (Å²) in [5.41, 5.74) is 1.35. The average molecular weight is 546 g/mol. The topological polar surface area (TPSA) is 114 Å². The highest BCUT2D eigenvalue weighted by molar-refractivity contribution is 6.00. The van der Waals surface area contributed by atoms with Gasteiger partial charge in [-0.2, -0.15) is 0 Å². The number of carbonyl (C=O) groups is 2. The van der Waals surface area contributed by atoms with Crippen LogP contribution in [0.4, 0.5) is 31.2 Å². The fourth-order valence-electron chi connectivity index (χ4n) is 4.28. The number of aromatic nitrogens is 2. The van der Waals surface area contributed by atoms with Gasteiger partial charge in [0.2, 0.25) is 0 Å². The van der Waals surface area contributed by atoms with Crippen molar-refractivity contribution < 1.29 is 18.7 Å². The van der Waals surface area contributed by atoms with Gasteiger partial charge in [0.25, 0.3) is 5.56 Å². The number of nitrogens with one attached hydrogen (secondary N) is 3. The minimum absolute atomic E-state index is 0.0698. The van der Waals surface area contributed by atoms with Crippen molar-refractivity contribution in [3.8, 4) is 11.1 Å². The SMILES string of the molecule is Cc1cc(F)c(NC(=O)Nc2ccccc2)cc1-c1cc2cnc(NC(=O)OC(C)(C)C)cc2n(C(C)C)c1=O. The molecule has 0 atom stereocenters. The first-order valence-electron chi connectivity index (χ1n) is 12.8. The highest BCUT2D eigenvalue weighted by Crippen LogP contribution is 2.30. The normalized spacial score (nSPS) is 11.4. The standard InChI is InChI=1S/C30H32FN5O4/c1-17(2)36-25-15-26(35-29(39)40-30(4,5)6)32-16-19(25)13-22(27(36)37)21-14-24(23(31)12-18(21)3)34-28(38)33-20-10-8-7-9-11-20/h7-17H,1-6H3,(H,32,35,39)(H2,33,34,38). The maximum absolute atomic E-state index is 14.9. The Labute approximate surface area is 231 Å². The van der Waals surface area contributed by atoms with Gasteiger partial charge in [-0.1, -0.05) is 18.2 Å². The second kappa shape index (κ2) is 11.2. The minimum Gasteiger partial charge on any atom is -0.444 e. The van der Waals surface area contributed by atoms with E-state index in [4.69, 9.17) is 4.74 Å². The monoisotopic (exact) mass is 545 g/mol. The van der Waals surface area contributed by atoms with Gasteiger partial charge in [-0.25, -0.2) is 19.0 Å². The molecule has 0 spiro atoms. The Bertz CT molecular complexity index is 1640. The Morgan fingerprint density at radius 3 is 2.33 bits per heavy atom. The van der Waals surface area contributed by atoms with Crippen molar-refractivity contribution in [1.29, 1.82) is 0 Å². The van der Waals surface area contributed by atoms with E-state index in [9.17, 15) is 18.8 Å². The molecule has 2 aromatic carbocycles. The van der Waals surface area contributed by atoms with Gasteiger partial charge < -0.3 is 19.9 Å². The van der Waals surface area contributed by atoms with Crippen molar-refractivity contribution in [2.24, 2.45) is 0 Å². The lowest BCUT2D eigenvalue weighted by Crippen LogP contribution is -2.28. The Hall–Kier alpha value is -4.73. The van der Waals surface area contributed by atoms with Crippen LogP contribution < -0.4 is 21.5 Å². The lowest BCUT2D eigenvalue weighted by Gasteiger charge is -2.20. The van der Waals surface area contributed by atoms with E-state index < -0.39 is 23.5 Å². The van der Waals surface area contributed by atoms with E-state index in [1.807, 2.05) is 19.9 Å². The van der Waals surface area contributed by atoms with E-state index in [1.165, 1.54) is 12.1 Å². The first-order valence-corrected chi connectivity index (χ1v) is 12.8. The van der Waals surface area contributed by atoms with Crippen molar-refractivity contribution in [3.63, 3.8) is 0 Å². The van der Waals surface area contributed by atoms with Gasteiger partial charge in [0, 0.05) is 34.9 Å². The first kappa shape index (κ1) is 28.3. The second-order valence-corrected chi connectivity index (χ2v) is 10.7. The molecule has 0 bridgehead atoms. The molecule has 0 aliphatic carbocycles. The number of anilines is 3. The number of halogens is 1. The van der Waals surface area contributed by atoms with E-state index in [1.54, 1.807) is 74.9 Å². The minimum atomic E-state index is -0.682. The molecule has 9 nitrogen and oxygen atoms in total. The number of hydrogen-bond donors (Lipinski definition) is 3. The second-order valence-electron chi connectivity index (χ2n) is 10.7. The highest BCUT2D eigenvalue weighted by Gasteiger charge is 2.20. The molecule has 3 N–H and O–H groups in total. The summed E-state index contributed by atoms with van der Waals surface area (Å²) in [6.07, 6.45) is 0.891. The molecule has 0 unspecified atom stereocenters. The molecule has 4 aromatic rings. The lowest BCUT2D eigenvalue weighted by molar-refractivity contribution is 0.0635. The van der Waals surface area contributed by atoms with Crippen molar-refractivity contribution in [2.45, 2.75) is 53.2 Å². The van der Waals surface area contributed by atoms with Crippen LogP contribution in [0.25, 0.3) is 22.0 Å². The molecule has 0 aliphatic rings. The van der Waals surface area contributed by atoms with E-state index in [2.05, 4.69) is 20.9 Å². The molecule has 0 aliphatic heterocycles. The van der Waals surface area contributed by atoms with Crippen LogP contribution in [0.5, 0.6) is 0 Å². The fraction of sp³-hybridized carbons (Fsp3) is 0.267. The highest BCUT2D eigenvalue weighted by atomic mass is 19.1. The number of nitrogens with zero attached hydrogens (tertiary/aromatic N) is 2. The van der Waals surface area contributed by atoms with Gasteiger partial charge in [-0.15, -0.1) is 0 Å². The molecule has 0 saturated heterocycles. The third-order valence-electron chi connectivity index (χ3n) is 5.95. The molecule has 4 rings (SSSR count). The van der Waals surface area contributed by atoms with E-state index in [-0.39, 0.29) is 23.1 Å². The van der Waals surface area contributed by atoms with Crippen LogP contribution in [0, 0.1) is 12.7 Å². The maximum Gasteiger partial charge on any atom is 0.413 e. The molecule has 0 fully saturated rings. The van der Waals surface area contributed by atoms with Crippen LogP contribution in [-0.4, -0.2) is 27.3 Å². The summed E-state index contributed by atoms with van der Waals surface area (Å²) in [5.74, 6) is -0.397. The number of benzene rings is 2. The smallest absolute Gasteiger partial charge is 0.413 e. The molecule has 10 heteroatoms. The van der Waals surface area contributed by atoms with Crippen molar-refractivity contribution >= 4 is 40.2 Å². The number of rotatable bonds is 5. The predicted molar refractivity (Wildman–Crippen MR) is 155 cm³/mol. The Morgan fingerprint density at radius 2 is 1.68 bits per heavy atom. The fourth-order valence-corrected chi connectivity index (χ4v) is 4.28. The van der Waals surface area contributed by atoms with Crippen LogP contribution in [0.1, 0.15) is 46.2 Å². The zero-order chi connectivity index (χ0) is 29.2. The van der Waals surface area contributed by atoms with Crippen LogP contribution in [-0.2, 0) is 4.74 Å². The zero-order valence-corrected chi connectivity index (χ0v) is 23.3. The van der Waals surface area contributed by atoms with Gasteiger partial charge >= 0.3 is 12.1 Å². The van der Waals surface area contributed by atoms with Crippen LogP contribution in [0.3, 0.4) is 0 Å². The number of urea groups is 1. The molecule has 3 amide bonds. The molecule has 0 saturated carbocycles. The third-order valence-corrected chi connectivity index (χ3v) is 5.95. The molecule has 2 heterocycles. The van der Waals surface area contributed by atoms with Crippen molar-refractivity contribution in [3.05, 3.63) is 82.5 Å². The predicted octanol–water partition coefficient (Wildman–Crippen LogP) is 7.08. The molecule has 40 heavy (non-hydrogen) atoms. The summed E-state index contributed by atoms with van der Waals surface area (Å²) in [4.78, 5) is 42.9. The van der Waals surface area contributed by atoms with Crippen LogP contribution >= 0.6 is 0 Å². The Kier molecular flexibility index (Phi) is 7.90. The summed E-state index contributed by atoms with van der Waals surface area (Å²) in [5, 5.41) is 8.43. The third kappa shape index (κ3) is 6.45. The van der Waals surface area contributed by atoms with E-state index >= 15 is 0 Å². The summed E-state index contributed by atoms with van der Waals surface area (Å²) in [7, 11) is 0. The number of ether oxygens (including phenoxy) is 1. The Morgan fingerprint density at radius 1 is 0.975 bits per heavy atom. The van der Waals surface area contributed by atoms with E-state index in [0.29, 0.717) is 33.3 Å². The number of aryl methyl sites for hydroxylation is 1. The summed E-state index contributed by atoms with van der Waals surface area (Å²) in [6.45, 7) is 10.7. The molecule has 208 valence electrons. The number of carbonyl (C=O) groups excluding carboxylic acids is 2. The summed E-state index contributed by atoms with van der Waals surface area (Å²) >= 11 is 0.